The summed E-state index contributed by atoms with van der Waals surface area (Å²) in [6, 6.07) is 13.4. The second kappa shape index (κ2) is 9.56. The minimum atomic E-state index is -0.316. The largest absolute Gasteiger partial charge is 0.448 e. The number of thioether (sulfide) groups is 1. The third-order valence-electron chi connectivity index (χ3n) is 5.11. The van der Waals surface area contributed by atoms with Gasteiger partial charge in [-0.1, -0.05) is 49.9 Å². The summed E-state index contributed by atoms with van der Waals surface area (Å²) in [5.74, 6) is 0.00543. The third-order valence-corrected chi connectivity index (χ3v) is 6.09. The van der Waals surface area contributed by atoms with Crippen molar-refractivity contribution in [2.75, 3.05) is 5.75 Å². The van der Waals surface area contributed by atoms with E-state index in [1.54, 1.807) is 16.7 Å². The maximum Gasteiger partial charge on any atom is 0.297 e. The van der Waals surface area contributed by atoms with E-state index in [-0.39, 0.29) is 28.6 Å². The summed E-state index contributed by atoms with van der Waals surface area (Å²) in [4.78, 5) is 30.3. The summed E-state index contributed by atoms with van der Waals surface area (Å²) >= 11 is 1.22. The molecule has 4 aromatic rings. The molecule has 0 unspecified atom stereocenters. The van der Waals surface area contributed by atoms with Crippen molar-refractivity contribution in [3.8, 4) is 0 Å². The summed E-state index contributed by atoms with van der Waals surface area (Å²) < 4.78 is 20.4. The molecule has 1 N–H and O–H groups in total. The van der Waals surface area contributed by atoms with Gasteiger partial charge in [-0.2, -0.15) is 0 Å². The molecule has 1 amide bonds. The molecule has 0 bridgehead atoms. The van der Waals surface area contributed by atoms with Crippen molar-refractivity contribution in [1.82, 2.24) is 14.9 Å². The van der Waals surface area contributed by atoms with Gasteiger partial charge in [0, 0.05) is 18.5 Å². The highest BCUT2D eigenvalue weighted by molar-refractivity contribution is 7.99. The molecule has 0 atom stereocenters. The Morgan fingerprint density at radius 2 is 1.94 bits per heavy atom. The van der Waals surface area contributed by atoms with Gasteiger partial charge in [0.15, 0.2) is 5.16 Å². The molecular formula is C24H24FN3O3S. The van der Waals surface area contributed by atoms with E-state index in [4.69, 9.17) is 9.40 Å². The zero-order chi connectivity index (χ0) is 22.7. The maximum atomic E-state index is 13.2. The number of hydrogen-bond donors (Lipinski definition) is 1. The van der Waals surface area contributed by atoms with Crippen LogP contribution in [0, 0.1) is 11.7 Å². The molecule has 0 aliphatic rings. The van der Waals surface area contributed by atoms with Gasteiger partial charge in [-0.25, -0.2) is 9.37 Å². The Hall–Kier alpha value is -3.13. The number of para-hydroxylation sites is 1. The van der Waals surface area contributed by atoms with Crippen LogP contribution in [0.25, 0.3) is 22.1 Å². The number of rotatable bonds is 8. The van der Waals surface area contributed by atoms with E-state index in [1.807, 2.05) is 24.3 Å². The number of carbonyl (C=O) groups excluding carboxylic acids is 1. The molecule has 8 heteroatoms. The Labute approximate surface area is 188 Å². The van der Waals surface area contributed by atoms with Crippen molar-refractivity contribution in [3.05, 3.63) is 70.3 Å². The summed E-state index contributed by atoms with van der Waals surface area (Å²) in [7, 11) is 0. The lowest BCUT2D eigenvalue weighted by molar-refractivity contribution is -0.118. The van der Waals surface area contributed by atoms with E-state index in [1.165, 1.54) is 23.9 Å². The molecule has 0 spiro atoms. The van der Waals surface area contributed by atoms with Gasteiger partial charge < -0.3 is 9.73 Å². The monoisotopic (exact) mass is 453 g/mol. The highest BCUT2D eigenvalue weighted by Gasteiger charge is 2.18. The predicted molar refractivity (Wildman–Crippen MR) is 124 cm³/mol. The fourth-order valence-electron chi connectivity index (χ4n) is 3.33. The third kappa shape index (κ3) is 4.85. The average molecular weight is 454 g/mol. The van der Waals surface area contributed by atoms with Crippen LogP contribution in [0.15, 0.2) is 62.9 Å². The number of benzene rings is 2. The molecule has 0 saturated carbocycles. The topological polar surface area (TPSA) is 77.1 Å². The molecule has 166 valence electrons. The smallest absolute Gasteiger partial charge is 0.297 e. The standard InChI is InChI=1S/C24H24FN3O3S/c1-15(2)11-12-28-23(30)22-21(18-5-3-4-6-19(18)31-22)27-24(28)32-14-20(29)26-13-16-7-9-17(25)10-8-16/h3-10,15H,11-14H2,1-2H3,(H,26,29). The van der Waals surface area contributed by atoms with E-state index in [0.29, 0.717) is 35.3 Å². The number of hydrogen-bond acceptors (Lipinski definition) is 5. The molecule has 0 radical (unpaired) electrons. The highest BCUT2D eigenvalue weighted by atomic mass is 32.2. The van der Waals surface area contributed by atoms with Gasteiger partial charge in [-0.3, -0.25) is 14.2 Å². The lowest BCUT2D eigenvalue weighted by Crippen LogP contribution is -2.27. The first-order chi connectivity index (χ1) is 15.4. The maximum absolute atomic E-state index is 13.2. The first-order valence-corrected chi connectivity index (χ1v) is 11.5. The van der Waals surface area contributed by atoms with Crippen LogP contribution in [0.2, 0.25) is 0 Å². The number of carbonyl (C=O) groups is 1. The molecule has 4 rings (SSSR count). The summed E-state index contributed by atoms with van der Waals surface area (Å²) in [5.41, 5.74) is 1.94. The zero-order valence-electron chi connectivity index (χ0n) is 17.9. The van der Waals surface area contributed by atoms with Crippen LogP contribution in [-0.2, 0) is 17.9 Å². The van der Waals surface area contributed by atoms with Gasteiger partial charge >= 0.3 is 0 Å². The van der Waals surface area contributed by atoms with Crippen LogP contribution in [0.5, 0.6) is 0 Å². The van der Waals surface area contributed by atoms with Gasteiger partial charge in [0.1, 0.15) is 16.9 Å². The van der Waals surface area contributed by atoms with Gasteiger partial charge in [0.05, 0.1) is 5.75 Å². The summed E-state index contributed by atoms with van der Waals surface area (Å²) in [6.45, 7) is 4.98. The molecular weight excluding hydrogens is 429 g/mol. The quantitative estimate of drug-likeness (QED) is 0.308. The Morgan fingerprint density at radius 3 is 2.69 bits per heavy atom. The second-order valence-electron chi connectivity index (χ2n) is 8.00. The number of fused-ring (bicyclic) bond motifs is 3. The van der Waals surface area contributed by atoms with Crippen molar-refractivity contribution in [2.24, 2.45) is 5.92 Å². The number of aromatic nitrogens is 2. The van der Waals surface area contributed by atoms with Crippen molar-refractivity contribution in [1.29, 1.82) is 0 Å². The van der Waals surface area contributed by atoms with Crippen molar-refractivity contribution >= 4 is 39.7 Å². The molecule has 0 aliphatic carbocycles. The second-order valence-corrected chi connectivity index (χ2v) is 8.94. The highest BCUT2D eigenvalue weighted by Crippen LogP contribution is 2.27. The van der Waals surface area contributed by atoms with Gasteiger partial charge in [0.25, 0.3) is 5.56 Å². The van der Waals surface area contributed by atoms with Gasteiger partial charge in [-0.05, 0) is 42.2 Å². The average Bonchev–Trinajstić information content (AvgIpc) is 3.15. The van der Waals surface area contributed by atoms with E-state index in [9.17, 15) is 14.0 Å². The minimum absolute atomic E-state index is 0.108. The van der Waals surface area contributed by atoms with Crippen molar-refractivity contribution in [3.63, 3.8) is 0 Å². The Bertz CT molecular complexity index is 1310. The first-order valence-electron chi connectivity index (χ1n) is 10.5. The molecule has 6 nitrogen and oxygen atoms in total. The Morgan fingerprint density at radius 1 is 1.19 bits per heavy atom. The lowest BCUT2D eigenvalue weighted by Gasteiger charge is -2.13. The van der Waals surface area contributed by atoms with Crippen LogP contribution >= 0.6 is 11.8 Å². The van der Waals surface area contributed by atoms with Crippen molar-refractivity contribution in [2.45, 2.75) is 38.5 Å². The summed E-state index contributed by atoms with van der Waals surface area (Å²) in [5, 5.41) is 4.09. The van der Waals surface area contributed by atoms with Gasteiger partial charge in [-0.15, -0.1) is 0 Å². The predicted octanol–water partition coefficient (Wildman–Crippen LogP) is 4.74. The van der Waals surface area contributed by atoms with Crippen LogP contribution in [0.4, 0.5) is 4.39 Å². The van der Waals surface area contributed by atoms with Crippen LogP contribution in [0.1, 0.15) is 25.8 Å². The van der Waals surface area contributed by atoms with E-state index >= 15 is 0 Å². The van der Waals surface area contributed by atoms with E-state index < -0.39 is 0 Å². The molecule has 2 aromatic carbocycles. The molecule has 32 heavy (non-hydrogen) atoms. The SMILES string of the molecule is CC(C)CCn1c(SCC(=O)NCc2ccc(F)cc2)nc2c(oc3ccccc32)c1=O. The minimum Gasteiger partial charge on any atom is -0.448 e. The molecule has 2 heterocycles. The molecule has 0 saturated heterocycles. The number of furan rings is 1. The normalized spacial score (nSPS) is 11.5. The van der Waals surface area contributed by atoms with E-state index in [2.05, 4.69) is 19.2 Å². The van der Waals surface area contributed by atoms with Crippen LogP contribution in [-0.4, -0.2) is 21.2 Å². The number of amides is 1. The first kappa shape index (κ1) is 22.1. The fourth-order valence-corrected chi connectivity index (χ4v) is 4.18. The molecule has 0 aliphatic heterocycles. The lowest BCUT2D eigenvalue weighted by atomic mass is 10.1. The van der Waals surface area contributed by atoms with Gasteiger partial charge in [0.2, 0.25) is 11.5 Å². The van der Waals surface area contributed by atoms with Crippen LogP contribution < -0.4 is 10.9 Å². The molecule has 0 fully saturated rings. The zero-order valence-corrected chi connectivity index (χ0v) is 18.7. The van der Waals surface area contributed by atoms with Crippen molar-refractivity contribution < 1.29 is 13.6 Å². The number of nitrogens with one attached hydrogen (secondary N) is 1. The number of halogens is 1. The Balaban J connectivity index is 1.57. The molecule has 2 aromatic heterocycles. The van der Waals surface area contributed by atoms with Crippen LogP contribution in [0.3, 0.4) is 0 Å². The fraction of sp³-hybridized carbons (Fsp3) is 0.292. The van der Waals surface area contributed by atoms with E-state index in [0.717, 1.165) is 17.4 Å². The summed E-state index contributed by atoms with van der Waals surface area (Å²) in [6.07, 6.45) is 0.803. The number of nitrogens with zero attached hydrogens (tertiary/aromatic N) is 2. The Kier molecular flexibility index (Phi) is 6.60.